The molecule has 10 nitrogen and oxygen atoms in total. The molecule has 0 aromatic heterocycles. The molecule has 9 atom stereocenters. The van der Waals surface area contributed by atoms with E-state index in [9.17, 15) is 35.4 Å². The lowest BCUT2D eigenvalue weighted by Gasteiger charge is -2.39. The third kappa shape index (κ3) is 3.72. The number of aliphatic carboxylic acids is 1. The smallest absolute Gasteiger partial charge is 0.338 e. The summed E-state index contributed by atoms with van der Waals surface area (Å²) in [6, 6.07) is 0. The second-order valence-corrected chi connectivity index (χ2v) is 9.50. The van der Waals surface area contributed by atoms with E-state index in [1.165, 1.54) is 0 Å². The summed E-state index contributed by atoms with van der Waals surface area (Å²) in [5.74, 6) is -1.17. The second-order valence-electron chi connectivity index (χ2n) is 9.50. The van der Waals surface area contributed by atoms with E-state index < -0.39 is 55.0 Å². The Morgan fingerprint density at radius 1 is 1.19 bits per heavy atom. The van der Waals surface area contributed by atoms with Crippen molar-refractivity contribution >= 4 is 5.97 Å². The molecule has 2 bridgehead atoms. The number of aliphatic hydroxyl groups is 5. The van der Waals surface area contributed by atoms with Crippen molar-refractivity contribution in [1.82, 2.24) is 0 Å². The molecule has 2 heterocycles. The van der Waals surface area contributed by atoms with E-state index in [0.717, 1.165) is 24.0 Å². The van der Waals surface area contributed by atoms with Gasteiger partial charge >= 0.3 is 5.97 Å². The van der Waals surface area contributed by atoms with Gasteiger partial charge in [0.15, 0.2) is 11.9 Å². The molecule has 10 heteroatoms. The van der Waals surface area contributed by atoms with Crippen LogP contribution in [0.15, 0.2) is 11.1 Å². The van der Waals surface area contributed by atoms with Gasteiger partial charge in [-0.1, -0.05) is 5.57 Å². The van der Waals surface area contributed by atoms with Gasteiger partial charge in [0.1, 0.15) is 24.4 Å². The predicted octanol–water partition coefficient (Wildman–Crippen LogP) is -1.09. The SMILES string of the molecule is C/C(CO[C@H]1O[C@H](CO)[C@@H](O)[C@@H](O)[C@@H]1O)=C1/CC[C@@]23CO[C@@H](C2)[C@@](O)(C(=O)O)CC[C@@H]13. The van der Waals surface area contributed by atoms with Crippen molar-refractivity contribution in [3.63, 3.8) is 0 Å². The predicted molar refractivity (Wildman–Crippen MR) is 104 cm³/mol. The zero-order chi connectivity index (χ0) is 22.6. The van der Waals surface area contributed by atoms with Crippen molar-refractivity contribution in [2.24, 2.45) is 11.3 Å². The Morgan fingerprint density at radius 2 is 1.94 bits per heavy atom. The average Bonchev–Trinajstić information content (AvgIpc) is 3.30. The molecule has 0 radical (unpaired) electrons. The number of carbonyl (C=O) groups is 1. The lowest BCUT2D eigenvalue weighted by atomic mass is 9.74. The van der Waals surface area contributed by atoms with Gasteiger partial charge in [-0.3, -0.25) is 0 Å². The van der Waals surface area contributed by atoms with Crippen LogP contribution in [-0.4, -0.2) is 98.8 Å². The van der Waals surface area contributed by atoms with Crippen molar-refractivity contribution in [3.05, 3.63) is 11.1 Å². The highest BCUT2D eigenvalue weighted by Gasteiger charge is 2.60. The molecular formula is C21H32O10. The second kappa shape index (κ2) is 8.35. The molecule has 0 amide bonds. The highest BCUT2D eigenvalue weighted by atomic mass is 16.7. The van der Waals surface area contributed by atoms with Gasteiger partial charge in [0, 0.05) is 5.41 Å². The van der Waals surface area contributed by atoms with E-state index in [1.807, 2.05) is 6.92 Å². The van der Waals surface area contributed by atoms with E-state index in [2.05, 4.69) is 0 Å². The number of carboxylic acids is 1. The third-order valence-electron chi connectivity index (χ3n) is 7.79. The van der Waals surface area contributed by atoms with Crippen LogP contribution in [0.1, 0.15) is 39.0 Å². The zero-order valence-electron chi connectivity index (χ0n) is 17.5. The van der Waals surface area contributed by atoms with Gasteiger partial charge in [0.2, 0.25) is 0 Å². The summed E-state index contributed by atoms with van der Waals surface area (Å²) in [5.41, 5.74) is -0.00386. The van der Waals surface area contributed by atoms with E-state index in [-0.39, 0.29) is 24.4 Å². The van der Waals surface area contributed by atoms with Gasteiger partial charge in [-0.2, -0.15) is 0 Å². The first-order chi connectivity index (χ1) is 14.6. The first kappa shape index (κ1) is 23.1. The molecular weight excluding hydrogens is 412 g/mol. The normalized spacial score (nSPS) is 48.9. The Bertz CT molecular complexity index is 738. The minimum Gasteiger partial charge on any atom is -0.479 e. The van der Waals surface area contributed by atoms with Crippen LogP contribution in [0.5, 0.6) is 0 Å². The Morgan fingerprint density at radius 3 is 2.61 bits per heavy atom. The summed E-state index contributed by atoms with van der Waals surface area (Å²) < 4.78 is 16.9. The molecule has 4 rings (SSSR count). The molecule has 0 aromatic carbocycles. The first-order valence-electron chi connectivity index (χ1n) is 10.8. The summed E-state index contributed by atoms with van der Waals surface area (Å²) in [4.78, 5) is 11.7. The zero-order valence-corrected chi connectivity index (χ0v) is 17.5. The lowest BCUT2D eigenvalue weighted by Crippen LogP contribution is -2.59. The van der Waals surface area contributed by atoms with E-state index >= 15 is 0 Å². The van der Waals surface area contributed by atoms with Crippen molar-refractivity contribution in [2.45, 2.75) is 81.4 Å². The van der Waals surface area contributed by atoms with Crippen LogP contribution in [0.25, 0.3) is 0 Å². The fourth-order valence-corrected chi connectivity index (χ4v) is 5.85. The number of ether oxygens (including phenoxy) is 3. The lowest BCUT2D eigenvalue weighted by molar-refractivity contribution is -0.299. The molecule has 2 saturated carbocycles. The molecule has 6 N–H and O–H groups in total. The minimum atomic E-state index is -1.88. The number of fused-ring (bicyclic) bond motifs is 1. The first-order valence-corrected chi connectivity index (χ1v) is 10.8. The minimum absolute atomic E-state index is 0.0734. The highest BCUT2D eigenvalue weighted by Crippen LogP contribution is 2.59. The molecule has 2 aliphatic heterocycles. The van der Waals surface area contributed by atoms with Crippen molar-refractivity contribution in [2.75, 3.05) is 19.8 Å². The molecule has 176 valence electrons. The van der Waals surface area contributed by atoms with Gasteiger partial charge in [-0.05, 0) is 50.5 Å². The summed E-state index contributed by atoms with van der Waals surface area (Å²) in [6.07, 6.45) is -4.53. The maximum atomic E-state index is 11.7. The summed E-state index contributed by atoms with van der Waals surface area (Å²) in [6.45, 7) is 1.91. The van der Waals surface area contributed by atoms with Crippen molar-refractivity contribution < 1.29 is 49.6 Å². The molecule has 2 saturated heterocycles. The summed E-state index contributed by atoms with van der Waals surface area (Å²) in [5, 5.41) is 59.6. The molecule has 2 aliphatic carbocycles. The Kier molecular flexibility index (Phi) is 6.21. The number of carboxylic acid groups (broad SMARTS) is 1. The number of hydrogen-bond donors (Lipinski definition) is 6. The van der Waals surface area contributed by atoms with Crippen LogP contribution in [-0.2, 0) is 19.0 Å². The van der Waals surface area contributed by atoms with Crippen molar-refractivity contribution in [3.8, 4) is 0 Å². The molecule has 0 unspecified atom stereocenters. The van der Waals surface area contributed by atoms with Crippen LogP contribution in [0.4, 0.5) is 0 Å². The molecule has 31 heavy (non-hydrogen) atoms. The molecule has 0 aromatic rings. The number of allylic oxidation sites excluding steroid dienone is 1. The van der Waals surface area contributed by atoms with Gasteiger partial charge in [-0.15, -0.1) is 0 Å². The van der Waals surface area contributed by atoms with Crippen LogP contribution in [0, 0.1) is 11.3 Å². The largest absolute Gasteiger partial charge is 0.479 e. The topological polar surface area (TPSA) is 166 Å². The maximum Gasteiger partial charge on any atom is 0.338 e. The van der Waals surface area contributed by atoms with Crippen LogP contribution in [0.3, 0.4) is 0 Å². The monoisotopic (exact) mass is 444 g/mol. The Balaban J connectivity index is 1.48. The van der Waals surface area contributed by atoms with Crippen molar-refractivity contribution in [1.29, 1.82) is 0 Å². The standard InChI is InChI=1S/C21H32O10/c1-10(8-29-18-17(25)16(24)15(23)13(7-22)31-18)11-2-4-20-6-14(30-9-20)21(28,19(26)27)5-3-12(11)20/h12-18,22-25,28H,2-9H2,1H3,(H,26,27)/b11-10+/t12-,13+,14-,15+,16+,17-,18-,20-,21+/m0/s1. The Labute approximate surface area is 180 Å². The highest BCUT2D eigenvalue weighted by molar-refractivity contribution is 5.78. The fourth-order valence-electron chi connectivity index (χ4n) is 5.85. The van der Waals surface area contributed by atoms with Crippen LogP contribution in [0.2, 0.25) is 0 Å². The van der Waals surface area contributed by atoms with Gasteiger partial charge in [0.05, 0.1) is 25.9 Å². The van der Waals surface area contributed by atoms with E-state index in [1.54, 1.807) is 0 Å². The van der Waals surface area contributed by atoms with Gasteiger partial charge in [-0.25, -0.2) is 4.79 Å². The van der Waals surface area contributed by atoms with E-state index in [4.69, 9.17) is 14.2 Å². The van der Waals surface area contributed by atoms with E-state index in [0.29, 0.717) is 19.4 Å². The number of hydrogen-bond acceptors (Lipinski definition) is 9. The number of rotatable bonds is 5. The molecule has 1 spiro atoms. The van der Waals surface area contributed by atoms with Gasteiger partial charge < -0.3 is 44.8 Å². The molecule has 4 fully saturated rings. The summed E-state index contributed by atoms with van der Waals surface area (Å²) in [7, 11) is 0. The maximum absolute atomic E-state index is 11.7. The number of aliphatic hydroxyl groups excluding tert-OH is 4. The quantitative estimate of drug-likeness (QED) is 0.287. The summed E-state index contributed by atoms with van der Waals surface area (Å²) >= 11 is 0. The third-order valence-corrected chi connectivity index (χ3v) is 7.79. The molecule has 4 aliphatic rings. The average molecular weight is 444 g/mol. The van der Waals surface area contributed by atoms with Crippen LogP contribution < -0.4 is 0 Å². The Hall–Kier alpha value is -1.11. The van der Waals surface area contributed by atoms with Crippen LogP contribution >= 0.6 is 0 Å². The van der Waals surface area contributed by atoms with Gasteiger partial charge in [0.25, 0.3) is 0 Å². The fraction of sp³-hybridized carbons (Fsp3) is 0.857.